The molecule has 0 spiro atoms. The number of aryl methyl sites for hydroxylation is 1. The summed E-state index contributed by atoms with van der Waals surface area (Å²) in [5, 5.41) is 12.4. The molecule has 2 aromatic heterocycles. The summed E-state index contributed by atoms with van der Waals surface area (Å²) < 4.78 is 70.9. The lowest BCUT2D eigenvalue weighted by Gasteiger charge is -2.08. The molecule has 10 heteroatoms. The van der Waals surface area contributed by atoms with Gasteiger partial charge in [0.25, 0.3) is 0 Å². The zero-order valence-corrected chi connectivity index (χ0v) is 13.6. The predicted octanol–water partition coefficient (Wildman–Crippen LogP) is 4.44. The molecule has 3 rings (SSSR count). The third-order valence-corrected chi connectivity index (χ3v) is 3.48. The average molecular weight is 380 g/mol. The van der Waals surface area contributed by atoms with E-state index >= 15 is 0 Å². The first kappa shape index (κ1) is 18.3. The van der Waals surface area contributed by atoms with Gasteiger partial charge in [-0.15, -0.1) is 0 Å². The van der Waals surface area contributed by atoms with Gasteiger partial charge in [-0.25, -0.2) is 18.4 Å². The molecule has 0 atom stereocenters. The zero-order chi connectivity index (χ0) is 19.8. The van der Waals surface area contributed by atoms with Crippen LogP contribution in [0, 0.1) is 23.0 Å². The maximum absolute atomic E-state index is 13.4. The molecule has 0 N–H and O–H groups in total. The van der Waals surface area contributed by atoms with Crippen LogP contribution in [0.2, 0.25) is 0 Å². The standard InChI is InChI=1S/C17H9F5N4O/c1-26-16(7-14(25-26)17(20,21)22)27-15-5-9(8-23)4-13(24-15)10-2-3-11(18)12(19)6-10/h2-7H,1H3. The van der Waals surface area contributed by atoms with E-state index in [4.69, 9.17) is 10.00 Å². The largest absolute Gasteiger partial charge is 0.435 e. The fourth-order valence-corrected chi connectivity index (χ4v) is 2.22. The van der Waals surface area contributed by atoms with Crippen LogP contribution in [0.4, 0.5) is 22.0 Å². The maximum Gasteiger partial charge on any atom is 0.435 e. The summed E-state index contributed by atoms with van der Waals surface area (Å²) in [5.74, 6) is -2.63. The summed E-state index contributed by atoms with van der Waals surface area (Å²) in [6.45, 7) is 0. The van der Waals surface area contributed by atoms with Gasteiger partial charge in [-0.05, 0) is 24.3 Å². The van der Waals surface area contributed by atoms with Crippen LogP contribution in [0.5, 0.6) is 11.8 Å². The summed E-state index contributed by atoms with van der Waals surface area (Å²) in [6, 6.07) is 8.05. The van der Waals surface area contributed by atoms with Crippen molar-refractivity contribution in [2.24, 2.45) is 7.05 Å². The van der Waals surface area contributed by atoms with Gasteiger partial charge in [0.1, 0.15) is 0 Å². The lowest BCUT2D eigenvalue weighted by Crippen LogP contribution is -2.06. The molecule has 1 aromatic carbocycles. The molecule has 3 aromatic rings. The minimum Gasteiger partial charge on any atom is -0.421 e. The molecule has 27 heavy (non-hydrogen) atoms. The Morgan fingerprint density at radius 1 is 1.07 bits per heavy atom. The summed E-state index contributed by atoms with van der Waals surface area (Å²) in [6.07, 6.45) is -4.65. The first-order chi connectivity index (χ1) is 12.7. The normalized spacial score (nSPS) is 11.3. The van der Waals surface area contributed by atoms with Gasteiger partial charge < -0.3 is 4.74 Å². The first-order valence-electron chi connectivity index (χ1n) is 7.34. The fourth-order valence-electron chi connectivity index (χ4n) is 2.22. The van der Waals surface area contributed by atoms with Crippen molar-refractivity contribution in [3.8, 4) is 29.1 Å². The second kappa shape index (κ2) is 6.68. The minimum absolute atomic E-state index is 0.0675. The number of ether oxygens (including phenoxy) is 1. The fraction of sp³-hybridized carbons (Fsp3) is 0.118. The Morgan fingerprint density at radius 3 is 2.41 bits per heavy atom. The van der Waals surface area contributed by atoms with Gasteiger partial charge in [0.05, 0.1) is 17.3 Å². The molecule has 0 aliphatic carbocycles. The number of nitrogens with zero attached hydrogens (tertiary/aromatic N) is 4. The Hall–Kier alpha value is -3.48. The Kier molecular flexibility index (Phi) is 4.53. The lowest BCUT2D eigenvalue weighted by atomic mass is 10.1. The van der Waals surface area contributed by atoms with Crippen LogP contribution in [0.15, 0.2) is 36.4 Å². The highest BCUT2D eigenvalue weighted by molar-refractivity contribution is 5.62. The van der Waals surface area contributed by atoms with Crippen molar-refractivity contribution in [3.63, 3.8) is 0 Å². The van der Waals surface area contributed by atoms with Gasteiger partial charge in [-0.3, -0.25) is 0 Å². The third-order valence-electron chi connectivity index (χ3n) is 3.48. The smallest absolute Gasteiger partial charge is 0.421 e. The van der Waals surface area contributed by atoms with Crippen molar-refractivity contribution in [2.45, 2.75) is 6.18 Å². The number of rotatable bonds is 3. The van der Waals surface area contributed by atoms with Crippen LogP contribution in [-0.2, 0) is 13.2 Å². The van der Waals surface area contributed by atoms with Crippen molar-refractivity contribution in [3.05, 3.63) is 59.3 Å². The Balaban J connectivity index is 2.01. The number of benzene rings is 1. The Morgan fingerprint density at radius 2 is 1.81 bits per heavy atom. The van der Waals surface area contributed by atoms with E-state index < -0.39 is 23.5 Å². The maximum atomic E-state index is 13.4. The van der Waals surface area contributed by atoms with E-state index in [1.807, 2.05) is 6.07 Å². The lowest BCUT2D eigenvalue weighted by molar-refractivity contribution is -0.141. The highest BCUT2D eigenvalue weighted by Crippen LogP contribution is 2.32. The van der Waals surface area contributed by atoms with Crippen LogP contribution >= 0.6 is 0 Å². The summed E-state index contributed by atoms with van der Waals surface area (Å²) in [5.41, 5.74) is -0.840. The van der Waals surface area contributed by atoms with Gasteiger partial charge in [0.2, 0.25) is 11.8 Å². The average Bonchev–Trinajstić information content (AvgIpc) is 2.98. The Labute approximate surface area is 149 Å². The molecule has 0 unspecified atom stereocenters. The predicted molar refractivity (Wildman–Crippen MR) is 82.6 cm³/mol. The third kappa shape index (κ3) is 3.87. The summed E-state index contributed by atoms with van der Waals surface area (Å²) in [7, 11) is 1.25. The SMILES string of the molecule is Cn1nc(C(F)(F)F)cc1Oc1cc(C#N)cc(-c2ccc(F)c(F)c2)n1. The van der Waals surface area contributed by atoms with Crippen LogP contribution in [0.25, 0.3) is 11.3 Å². The molecule has 2 heterocycles. The van der Waals surface area contributed by atoms with Crippen molar-refractivity contribution >= 4 is 0 Å². The number of hydrogen-bond donors (Lipinski definition) is 0. The van der Waals surface area contributed by atoms with Gasteiger partial charge in [-0.2, -0.15) is 23.5 Å². The first-order valence-corrected chi connectivity index (χ1v) is 7.34. The van der Waals surface area contributed by atoms with E-state index in [2.05, 4.69) is 10.1 Å². The summed E-state index contributed by atoms with van der Waals surface area (Å²) >= 11 is 0. The highest BCUT2D eigenvalue weighted by Gasteiger charge is 2.35. The van der Waals surface area contributed by atoms with Crippen molar-refractivity contribution in [1.82, 2.24) is 14.8 Å². The monoisotopic (exact) mass is 380 g/mol. The molecule has 138 valence electrons. The second-order valence-electron chi connectivity index (χ2n) is 5.41. The molecule has 0 saturated carbocycles. The van der Waals surface area contributed by atoms with E-state index in [9.17, 15) is 22.0 Å². The zero-order valence-electron chi connectivity index (χ0n) is 13.6. The van der Waals surface area contributed by atoms with Crippen LogP contribution in [0.3, 0.4) is 0 Å². The van der Waals surface area contributed by atoms with E-state index in [0.717, 1.165) is 16.8 Å². The number of nitriles is 1. The summed E-state index contributed by atoms with van der Waals surface area (Å²) in [4.78, 5) is 4.05. The topological polar surface area (TPSA) is 63.7 Å². The number of pyridine rings is 1. The van der Waals surface area contributed by atoms with Gasteiger partial charge in [0, 0.05) is 24.7 Å². The van der Waals surface area contributed by atoms with E-state index in [1.165, 1.54) is 25.2 Å². The quantitative estimate of drug-likeness (QED) is 0.630. The van der Waals surface area contributed by atoms with E-state index in [0.29, 0.717) is 6.07 Å². The number of alkyl halides is 3. The number of aromatic nitrogens is 3. The molecule has 0 bridgehead atoms. The molecule has 0 amide bonds. The van der Waals surface area contributed by atoms with Crippen molar-refractivity contribution in [2.75, 3.05) is 0 Å². The molecule has 0 aliphatic rings. The number of hydrogen-bond acceptors (Lipinski definition) is 4. The second-order valence-corrected chi connectivity index (χ2v) is 5.41. The molecular formula is C17H9F5N4O. The molecular weight excluding hydrogens is 371 g/mol. The van der Waals surface area contributed by atoms with Crippen LogP contribution < -0.4 is 4.74 Å². The van der Waals surface area contributed by atoms with Gasteiger partial charge in [-0.1, -0.05) is 0 Å². The minimum atomic E-state index is -4.65. The van der Waals surface area contributed by atoms with Gasteiger partial charge in [0.15, 0.2) is 17.3 Å². The van der Waals surface area contributed by atoms with Crippen molar-refractivity contribution in [1.29, 1.82) is 5.26 Å². The molecule has 0 fully saturated rings. The molecule has 5 nitrogen and oxygen atoms in total. The van der Waals surface area contributed by atoms with Gasteiger partial charge >= 0.3 is 6.18 Å². The molecule has 0 saturated heterocycles. The van der Waals surface area contributed by atoms with E-state index in [1.54, 1.807) is 0 Å². The number of halogens is 5. The Bertz CT molecular complexity index is 1050. The molecule has 0 radical (unpaired) electrons. The van der Waals surface area contributed by atoms with Crippen LogP contribution in [-0.4, -0.2) is 14.8 Å². The highest BCUT2D eigenvalue weighted by atomic mass is 19.4. The molecule has 0 aliphatic heterocycles. The van der Waals surface area contributed by atoms with E-state index in [-0.39, 0.29) is 28.6 Å². The van der Waals surface area contributed by atoms with Crippen LogP contribution in [0.1, 0.15) is 11.3 Å². The van der Waals surface area contributed by atoms with Crippen molar-refractivity contribution < 1.29 is 26.7 Å².